The number of nitrogens with zero attached hydrogens (tertiary/aromatic N) is 5. The summed E-state index contributed by atoms with van der Waals surface area (Å²) in [5.74, 6) is -0.00611. The van der Waals surface area contributed by atoms with E-state index in [1.54, 1.807) is 15.6 Å². The molecule has 2 aromatic heterocycles. The van der Waals surface area contributed by atoms with Crippen LogP contribution in [-0.4, -0.2) is 70.9 Å². The predicted molar refractivity (Wildman–Crippen MR) is 144 cm³/mol. The molecule has 0 bridgehead atoms. The number of nitrogens with one attached hydrogen (secondary N) is 1. The molecule has 0 radical (unpaired) electrons. The van der Waals surface area contributed by atoms with Crippen molar-refractivity contribution >= 4 is 33.6 Å². The summed E-state index contributed by atoms with van der Waals surface area (Å²) in [5.41, 5.74) is 1.08. The van der Waals surface area contributed by atoms with Gasteiger partial charge in [0.05, 0.1) is 47.6 Å². The maximum Gasteiger partial charge on any atom is 0.310 e. The molecule has 2 aliphatic heterocycles. The second kappa shape index (κ2) is 19.3. The molecule has 0 spiro atoms. The van der Waals surface area contributed by atoms with Gasteiger partial charge in [-0.05, 0) is 62.0 Å². The zero-order valence-electron chi connectivity index (χ0n) is 22.6. The maximum absolute atomic E-state index is 11.7. The van der Waals surface area contributed by atoms with Crippen LogP contribution in [-0.2, 0) is 53.6 Å². The van der Waals surface area contributed by atoms with Crippen molar-refractivity contribution in [3.8, 4) is 0 Å². The molecule has 12 heteroatoms. The van der Waals surface area contributed by atoms with Gasteiger partial charge in [-0.2, -0.15) is 10.2 Å². The van der Waals surface area contributed by atoms with Gasteiger partial charge in [0.25, 0.3) is 0 Å². The Labute approximate surface area is 243 Å². The van der Waals surface area contributed by atoms with E-state index < -0.39 is 0 Å². The summed E-state index contributed by atoms with van der Waals surface area (Å²) in [6, 6.07) is 0. The molecule has 2 aromatic rings. The summed E-state index contributed by atoms with van der Waals surface area (Å²) >= 11 is 3.25. The van der Waals surface area contributed by atoms with Crippen molar-refractivity contribution in [2.24, 2.45) is 25.9 Å². The zero-order valence-corrected chi connectivity index (χ0v) is 25.7. The van der Waals surface area contributed by atoms with E-state index in [2.05, 4.69) is 36.3 Å². The van der Waals surface area contributed by atoms with E-state index in [0.29, 0.717) is 13.2 Å². The number of hydrogen-bond acceptors (Lipinski definition) is 8. The molecule has 4 heterocycles. The number of carbonyl (C=O) groups excluding carboxylic acids is 2. The van der Waals surface area contributed by atoms with Gasteiger partial charge in [0.1, 0.15) is 0 Å². The Morgan fingerprint density at radius 2 is 1.59 bits per heavy atom. The Balaban J connectivity index is 0.000000560. The van der Waals surface area contributed by atoms with Gasteiger partial charge in [0, 0.05) is 66.5 Å². The Morgan fingerprint density at radius 1 is 1.00 bits per heavy atom. The third-order valence-corrected chi connectivity index (χ3v) is 6.10. The number of piperidine rings is 2. The van der Waals surface area contributed by atoms with Crippen LogP contribution in [0.5, 0.6) is 0 Å². The fraction of sp³-hybridized carbons (Fsp3) is 0.640. The molecule has 37 heavy (non-hydrogen) atoms. The Bertz CT molecular complexity index is 887. The van der Waals surface area contributed by atoms with Crippen LogP contribution in [0.1, 0.15) is 39.5 Å². The smallest absolute Gasteiger partial charge is 0.310 e. The number of rotatable bonds is 5. The summed E-state index contributed by atoms with van der Waals surface area (Å²) < 4.78 is 14.5. The van der Waals surface area contributed by atoms with Crippen LogP contribution in [0.25, 0.3) is 0 Å². The summed E-state index contributed by atoms with van der Waals surface area (Å²) in [6.07, 6.45) is 11.5. The van der Waals surface area contributed by atoms with E-state index in [1.165, 1.54) is 0 Å². The minimum absolute atomic E-state index is 0. The molecular weight excluding hydrogens is 635 g/mol. The molecule has 2 saturated heterocycles. The van der Waals surface area contributed by atoms with Crippen molar-refractivity contribution in [2.45, 2.75) is 39.5 Å². The number of aryl methyl sites for hydroxylation is 2. The van der Waals surface area contributed by atoms with E-state index >= 15 is 0 Å². The van der Waals surface area contributed by atoms with E-state index in [9.17, 15) is 9.59 Å². The number of anilines is 1. The largest absolute Gasteiger partial charge is 0.466 e. The van der Waals surface area contributed by atoms with Gasteiger partial charge in [0.2, 0.25) is 0 Å². The number of carbonyl (C=O) groups is 2. The fourth-order valence-electron chi connectivity index (χ4n) is 3.94. The summed E-state index contributed by atoms with van der Waals surface area (Å²) in [5, 5.41) is 11.2. The maximum atomic E-state index is 11.7. The molecule has 2 fully saturated rings. The van der Waals surface area contributed by atoms with Crippen LogP contribution >= 0.6 is 15.9 Å². The molecule has 1 N–H and O–H groups in total. The van der Waals surface area contributed by atoms with Crippen LogP contribution in [0, 0.1) is 19.3 Å². The molecule has 10 nitrogen and oxygen atoms in total. The normalized spacial score (nSPS) is 18.5. The van der Waals surface area contributed by atoms with Crippen LogP contribution in [0.2, 0.25) is 0 Å². The van der Waals surface area contributed by atoms with Crippen molar-refractivity contribution in [3.63, 3.8) is 0 Å². The molecule has 0 saturated carbocycles. The monoisotopic (exact) mass is 675 g/mol. The van der Waals surface area contributed by atoms with Crippen LogP contribution in [0.4, 0.5) is 5.69 Å². The van der Waals surface area contributed by atoms with Gasteiger partial charge >= 0.3 is 11.9 Å². The topological polar surface area (TPSA) is 104 Å². The van der Waals surface area contributed by atoms with E-state index in [-0.39, 0.29) is 51.6 Å². The first-order chi connectivity index (χ1) is 16.8. The quantitative estimate of drug-likeness (QED) is 0.292. The van der Waals surface area contributed by atoms with Crippen LogP contribution in [0.15, 0.2) is 29.3 Å². The zero-order chi connectivity index (χ0) is 25.6. The van der Waals surface area contributed by atoms with Gasteiger partial charge in [-0.1, -0.05) is 0 Å². The first-order valence-corrected chi connectivity index (χ1v) is 13.0. The Hall–Kier alpha value is -1.74. The number of ether oxygens (including phenoxy) is 2. The van der Waals surface area contributed by atoms with Crippen molar-refractivity contribution in [1.29, 1.82) is 0 Å². The van der Waals surface area contributed by atoms with E-state index in [1.807, 2.05) is 46.5 Å². The van der Waals surface area contributed by atoms with Crippen LogP contribution in [0.3, 0.4) is 0 Å². The molecule has 2 unspecified atom stereocenters. The van der Waals surface area contributed by atoms with Gasteiger partial charge in [-0.3, -0.25) is 19.0 Å². The second-order valence-corrected chi connectivity index (χ2v) is 9.45. The average molecular weight is 677 g/mol. The minimum atomic E-state index is -0.0684. The second-order valence-electron chi connectivity index (χ2n) is 8.54. The molecule has 0 aliphatic carbocycles. The molecule has 0 aromatic carbocycles. The average Bonchev–Trinajstić information content (AvgIpc) is 3.48. The SMILES string of the molecule is CCOC(=O)C1CCCN(c2cnn(C)c2)C1.CCOC(=O)C1CCCNC1.Cn1cc(Br)cn1.[CH3-].[Pd]. The number of esters is 2. The third kappa shape index (κ3) is 13.1. The summed E-state index contributed by atoms with van der Waals surface area (Å²) in [7, 11) is 3.78. The molecule has 4 rings (SSSR count). The van der Waals surface area contributed by atoms with Crippen molar-refractivity contribution < 1.29 is 39.5 Å². The van der Waals surface area contributed by atoms with Gasteiger partial charge in [0.15, 0.2) is 0 Å². The Morgan fingerprint density at radius 3 is 2.05 bits per heavy atom. The standard InChI is InChI=1S/C12H19N3O2.C8H15NO2.C4H5BrN2.CH3.Pd/c1-3-17-12(16)10-5-4-6-15(8-10)11-7-13-14(2)9-11;1-2-11-8(10)7-4-3-5-9-6-7;1-7-3-4(5)2-6-7;;/h7,9-10H,3-6,8H2,1-2H3;7,9H,2-6H2,1H3;2-3H,1H3;1H3;/q;;;-1;. The van der Waals surface area contributed by atoms with Crippen molar-refractivity contribution in [1.82, 2.24) is 24.9 Å². The van der Waals surface area contributed by atoms with Gasteiger partial charge in [-0.15, -0.1) is 0 Å². The van der Waals surface area contributed by atoms with Crippen molar-refractivity contribution in [2.75, 3.05) is 44.3 Å². The van der Waals surface area contributed by atoms with Crippen molar-refractivity contribution in [3.05, 3.63) is 36.7 Å². The van der Waals surface area contributed by atoms with Gasteiger partial charge < -0.3 is 27.1 Å². The molecule has 214 valence electrons. The Kier molecular flexibility index (Phi) is 18.4. The van der Waals surface area contributed by atoms with Gasteiger partial charge in [-0.25, -0.2) is 0 Å². The fourth-order valence-corrected chi connectivity index (χ4v) is 4.33. The number of aromatic nitrogens is 4. The molecular formula is C25H42BrN6O4Pd-. The third-order valence-electron chi connectivity index (χ3n) is 5.69. The first kappa shape index (κ1) is 35.3. The van der Waals surface area contributed by atoms with E-state index in [4.69, 9.17) is 9.47 Å². The van der Waals surface area contributed by atoms with E-state index in [0.717, 1.165) is 62.0 Å². The minimum Gasteiger partial charge on any atom is -0.466 e. The molecule has 2 aliphatic rings. The number of hydrogen-bond donors (Lipinski definition) is 1. The summed E-state index contributed by atoms with van der Waals surface area (Å²) in [6.45, 7) is 8.20. The first-order valence-electron chi connectivity index (χ1n) is 12.3. The molecule has 2 atom stereocenters. The van der Waals surface area contributed by atoms with Crippen LogP contribution < -0.4 is 10.2 Å². The number of halogens is 1. The molecule has 0 amide bonds. The predicted octanol–water partition coefficient (Wildman–Crippen LogP) is 3.38. The summed E-state index contributed by atoms with van der Waals surface area (Å²) in [4.78, 5) is 25.1.